The third kappa shape index (κ3) is 8.93. The van der Waals surface area contributed by atoms with E-state index in [9.17, 15) is 13.2 Å². The minimum atomic E-state index is -2.89. The molecular formula is C14H29N3O3S. The highest BCUT2D eigenvalue weighted by atomic mass is 32.2. The molecule has 0 aromatic rings. The van der Waals surface area contributed by atoms with Crippen molar-refractivity contribution in [3.63, 3.8) is 0 Å². The van der Waals surface area contributed by atoms with Crippen LogP contribution in [0.15, 0.2) is 0 Å². The predicted molar refractivity (Wildman–Crippen MR) is 85.2 cm³/mol. The first-order valence-electron chi connectivity index (χ1n) is 7.85. The monoisotopic (exact) mass is 319 g/mol. The number of hydrogen-bond donors (Lipinski definition) is 2. The summed E-state index contributed by atoms with van der Waals surface area (Å²) in [6.07, 6.45) is 6.34. The van der Waals surface area contributed by atoms with Crippen LogP contribution in [0.4, 0.5) is 4.79 Å². The van der Waals surface area contributed by atoms with Crippen molar-refractivity contribution >= 4 is 15.9 Å². The molecule has 0 aromatic carbocycles. The molecule has 6 nitrogen and oxygen atoms in total. The van der Waals surface area contributed by atoms with E-state index in [0.29, 0.717) is 6.54 Å². The van der Waals surface area contributed by atoms with E-state index in [1.807, 2.05) is 0 Å². The number of unbranched alkanes of at least 4 members (excludes halogenated alkanes) is 2. The Bertz CT molecular complexity index is 404. The second kappa shape index (κ2) is 9.25. The lowest BCUT2D eigenvalue weighted by Gasteiger charge is -2.32. The van der Waals surface area contributed by atoms with Crippen molar-refractivity contribution in [2.75, 3.05) is 38.2 Å². The van der Waals surface area contributed by atoms with E-state index in [0.717, 1.165) is 51.7 Å². The molecule has 0 bridgehead atoms. The van der Waals surface area contributed by atoms with Gasteiger partial charge in [0.05, 0.1) is 5.75 Å². The lowest BCUT2D eigenvalue weighted by atomic mass is 10.1. The predicted octanol–water partition coefficient (Wildman–Crippen LogP) is 0.985. The molecular weight excluding hydrogens is 290 g/mol. The Labute approximate surface area is 128 Å². The van der Waals surface area contributed by atoms with Crippen molar-refractivity contribution in [1.82, 2.24) is 15.5 Å². The zero-order valence-electron chi connectivity index (χ0n) is 13.2. The average molecular weight is 319 g/mol. The second-order valence-corrected chi connectivity index (χ2v) is 8.11. The van der Waals surface area contributed by atoms with Gasteiger partial charge in [-0.3, -0.25) is 0 Å². The summed E-state index contributed by atoms with van der Waals surface area (Å²) in [6.45, 7) is 5.14. The van der Waals surface area contributed by atoms with Gasteiger partial charge in [-0.05, 0) is 19.3 Å². The normalized spacial score (nSPS) is 17.6. The molecule has 0 aromatic heterocycles. The molecule has 0 aliphatic carbocycles. The molecule has 1 fully saturated rings. The minimum absolute atomic E-state index is 0.0827. The molecule has 1 aliphatic rings. The summed E-state index contributed by atoms with van der Waals surface area (Å²) >= 11 is 0. The number of sulfone groups is 1. The Morgan fingerprint density at radius 1 is 1.24 bits per heavy atom. The fourth-order valence-corrected chi connectivity index (χ4v) is 3.00. The minimum Gasteiger partial charge on any atom is -0.338 e. The van der Waals surface area contributed by atoms with Crippen LogP contribution in [0.5, 0.6) is 0 Å². The van der Waals surface area contributed by atoms with Gasteiger partial charge in [-0.1, -0.05) is 19.8 Å². The third-order valence-corrected chi connectivity index (χ3v) is 4.69. The van der Waals surface area contributed by atoms with E-state index in [-0.39, 0.29) is 17.8 Å². The van der Waals surface area contributed by atoms with Crippen molar-refractivity contribution in [3.05, 3.63) is 0 Å². The molecule has 1 aliphatic heterocycles. The van der Waals surface area contributed by atoms with Gasteiger partial charge in [0.1, 0.15) is 9.84 Å². The van der Waals surface area contributed by atoms with Gasteiger partial charge in [-0.15, -0.1) is 0 Å². The first-order chi connectivity index (χ1) is 9.90. The van der Waals surface area contributed by atoms with Crippen LogP contribution in [0.2, 0.25) is 0 Å². The molecule has 0 unspecified atom stereocenters. The van der Waals surface area contributed by atoms with Gasteiger partial charge in [-0.2, -0.15) is 0 Å². The lowest BCUT2D eigenvalue weighted by molar-refractivity contribution is 0.199. The molecule has 21 heavy (non-hydrogen) atoms. The summed E-state index contributed by atoms with van der Waals surface area (Å²) in [5.41, 5.74) is 0. The van der Waals surface area contributed by atoms with Crippen LogP contribution < -0.4 is 10.6 Å². The summed E-state index contributed by atoms with van der Waals surface area (Å²) in [6, 6.07) is 0.117. The molecule has 2 amide bonds. The number of urea groups is 1. The Morgan fingerprint density at radius 2 is 1.90 bits per heavy atom. The van der Waals surface area contributed by atoms with E-state index >= 15 is 0 Å². The van der Waals surface area contributed by atoms with Crippen LogP contribution in [0.25, 0.3) is 0 Å². The van der Waals surface area contributed by atoms with Crippen molar-refractivity contribution in [3.8, 4) is 0 Å². The number of nitrogens with one attached hydrogen (secondary N) is 2. The molecule has 0 radical (unpaired) electrons. The van der Waals surface area contributed by atoms with Crippen molar-refractivity contribution in [1.29, 1.82) is 0 Å². The standard InChI is InChI=1S/C14H29N3O3S/c1-3-4-5-8-15-14(18)16-13-6-9-17(10-7-13)11-12-21(2,19)20/h13H,3-12H2,1-2H3,(H2,15,16,18). The molecule has 0 atom stereocenters. The molecule has 1 heterocycles. The highest BCUT2D eigenvalue weighted by Crippen LogP contribution is 2.10. The number of amides is 2. The molecule has 124 valence electrons. The van der Waals surface area contributed by atoms with Crippen LogP contribution in [-0.4, -0.2) is 63.6 Å². The van der Waals surface area contributed by atoms with Gasteiger partial charge in [-0.25, -0.2) is 13.2 Å². The van der Waals surface area contributed by atoms with Crippen LogP contribution in [0.3, 0.4) is 0 Å². The summed E-state index contributed by atoms with van der Waals surface area (Å²) in [7, 11) is -2.89. The quantitative estimate of drug-likeness (QED) is 0.654. The third-order valence-electron chi connectivity index (χ3n) is 3.77. The maximum atomic E-state index is 11.7. The Hall–Kier alpha value is -0.820. The Balaban J connectivity index is 2.13. The number of hydrogen-bond acceptors (Lipinski definition) is 4. The Kier molecular flexibility index (Phi) is 8.03. The fourth-order valence-electron chi connectivity index (χ4n) is 2.41. The second-order valence-electron chi connectivity index (χ2n) is 5.85. The zero-order valence-corrected chi connectivity index (χ0v) is 14.0. The van der Waals surface area contributed by atoms with E-state index in [1.165, 1.54) is 6.26 Å². The number of nitrogens with zero attached hydrogens (tertiary/aromatic N) is 1. The van der Waals surface area contributed by atoms with Gasteiger partial charge >= 0.3 is 6.03 Å². The number of likely N-dealkylation sites (tertiary alicyclic amines) is 1. The summed E-state index contributed by atoms with van der Waals surface area (Å²) in [5, 5.41) is 5.87. The highest BCUT2D eigenvalue weighted by Gasteiger charge is 2.21. The summed E-state index contributed by atoms with van der Waals surface area (Å²) in [4.78, 5) is 13.8. The van der Waals surface area contributed by atoms with Gasteiger partial charge in [0.2, 0.25) is 0 Å². The van der Waals surface area contributed by atoms with Gasteiger partial charge < -0.3 is 15.5 Å². The molecule has 0 saturated carbocycles. The smallest absolute Gasteiger partial charge is 0.315 e. The maximum Gasteiger partial charge on any atom is 0.315 e. The number of piperidine rings is 1. The number of carbonyl (C=O) groups is 1. The molecule has 0 spiro atoms. The molecule has 1 rings (SSSR count). The maximum absolute atomic E-state index is 11.7. The first-order valence-corrected chi connectivity index (χ1v) is 9.91. The van der Waals surface area contributed by atoms with Crippen molar-refractivity contribution in [2.45, 2.75) is 45.1 Å². The van der Waals surface area contributed by atoms with E-state index < -0.39 is 9.84 Å². The van der Waals surface area contributed by atoms with Crippen molar-refractivity contribution < 1.29 is 13.2 Å². The van der Waals surface area contributed by atoms with E-state index in [1.54, 1.807) is 0 Å². The Morgan fingerprint density at radius 3 is 2.48 bits per heavy atom. The average Bonchev–Trinajstić information content (AvgIpc) is 2.42. The van der Waals surface area contributed by atoms with Gasteiger partial charge in [0.15, 0.2) is 0 Å². The highest BCUT2D eigenvalue weighted by molar-refractivity contribution is 7.90. The van der Waals surface area contributed by atoms with Crippen LogP contribution in [-0.2, 0) is 9.84 Å². The number of rotatable bonds is 8. The van der Waals surface area contributed by atoms with Crippen LogP contribution in [0, 0.1) is 0 Å². The number of carbonyl (C=O) groups excluding carboxylic acids is 1. The zero-order chi connectivity index (χ0) is 15.7. The summed E-state index contributed by atoms with van der Waals surface area (Å²) in [5.74, 6) is 0.211. The van der Waals surface area contributed by atoms with E-state index in [2.05, 4.69) is 22.5 Å². The van der Waals surface area contributed by atoms with Crippen LogP contribution in [0.1, 0.15) is 39.0 Å². The largest absolute Gasteiger partial charge is 0.338 e. The SMILES string of the molecule is CCCCCNC(=O)NC1CCN(CCS(C)(=O)=O)CC1. The topological polar surface area (TPSA) is 78.5 Å². The molecule has 1 saturated heterocycles. The van der Waals surface area contributed by atoms with E-state index in [4.69, 9.17) is 0 Å². The fraction of sp³-hybridized carbons (Fsp3) is 0.929. The molecule has 2 N–H and O–H groups in total. The summed E-state index contributed by atoms with van der Waals surface area (Å²) < 4.78 is 22.3. The molecule has 7 heteroatoms. The van der Waals surface area contributed by atoms with Crippen LogP contribution >= 0.6 is 0 Å². The lowest BCUT2D eigenvalue weighted by Crippen LogP contribution is -2.48. The van der Waals surface area contributed by atoms with Crippen molar-refractivity contribution in [2.24, 2.45) is 0 Å². The first kappa shape index (κ1) is 18.2. The van der Waals surface area contributed by atoms with Gasteiger partial charge in [0.25, 0.3) is 0 Å². The van der Waals surface area contributed by atoms with Gasteiger partial charge in [0, 0.05) is 38.5 Å².